The normalized spacial score (nSPS) is 13.8. The number of carboxylic acid groups (broad SMARTS) is 3. The van der Waals surface area contributed by atoms with Gasteiger partial charge in [0, 0.05) is 22.3 Å². The molecule has 1 aliphatic rings. The van der Waals surface area contributed by atoms with Crippen LogP contribution in [0.4, 0.5) is 10.5 Å². The third-order valence-electron chi connectivity index (χ3n) is 8.40. The number of likely N-dealkylation sites (tertiary alicyclic amines) is 1. The monoisotopic (exact) mass is 669 g/mol. The van der Waals surface area contributed by atoms with Gasteiger partial charge in [-0.1, -0.05) is 45.2 Å². The summed E-state index contributed by atoms with van der Waals surface area (Å²) in [5, 5.41) is 37.9. The third-order valence-corrected chi connectivity index (χ3v) is 8.40. The van der Waals surface area contributed by atoms with E-state index in [-0.39, 0.29) is 0 Å². The number of carbonyl (C=O) groups is 4. The quantitative estimate of drug-likeness (QED) is 0.106. The van der Waals surface area contributed by atoms with E-state index in [0.29, 0.717) is 17.4 Å². The van der Waals surface area contributed by atoms with Crippen molar-refractivity contribution in [3.05, 3.63) is 53.7 Å². The number of amides is 1. The van der Waals surface area contributed by atoms with Crippen LogP contribution in [0.5, 0.6) is 11.5 Å². The lowest BCUT2D eigenvalue weighted by Crippen LogP contribution is -2.42. The number of para-hydroxylation sites is 2. The van der Waals surface area contributed by atoms with E-state index < -0.39 is 42.4 Å². The molecule has 0 atom stereocenters. The van der Waals surface area contributed by atoms with Crippen LogP contribution in [-0.4, -0.2) is 86.7 Å². The summed E-state index contributed by atoms with van der Waals surface area (Å²) in [5.74, 6) is -3.56. The van der Waals surface area contributed by atoms with E-state index in [2.05, 4.69) is 41.2 Å². The summed E-state index contributed by atoms with van der Waals surface area (Å²) in [4.78, 5) is 49.3. The number of H-pyrrole nitrogens is 1. The lowest BCUT2D eigenvalue weighted by molar-refractivity contribution is -0.170. The van der Waals surface area contributed by atoms with Gasteiger partial charge in [0.05, 0.1) is 20.0 Å². The third kappa shape index (κ3) is 10.7. The van der Waals surface area contributed by atoms with E-state index in [0.717, 1.165) is 30.7 Å². The summed E-state index contributed by atoms with van der Waals surface area (Å²) in [6, 6.07) is 13.2. The number of benzene rings is 2. The van der Waals surface area contributed by atoms with Crippen LogP contribution >= 0.6 is 0 Å². The predicted octanol–water partition coefficient (Wildman–Crippen LogP) is 5.86. The number of aromatic nitrogens is 1. The fraction of sp³-hybridized carbons (Fsp3) is 0.486. The molecule has 0 saturated carbocycles. The molecule has 1 fully saturated rings. The molecule has 1 saturated heterocycles. The smallest absolute Gasteiger partial charge is 0.417 e. The van der Waals surface area contributed by atoms with Crippen molar-refractivity contribution < 1.29 is 49.1 Å². The number of aromatic amines is 1. The Labute approximate surface area is 279 Å². The number of aliphatic carboxylic acids is 3. The van der Waals surface area contributed by atoms with E-state index in [1.165, 1.54) is 61.7 Å². The number of unbranched alkanes of at least 4 members (excludes halogenated alkanes) is 3. The highest BCUT2D eigenvalue weighted by Crippen LogP contribution is 2.37. The van der Waals surface area contributed by atoms with Gasteiger partial charge in [-0.25, -0.2) is 9.59 Å². The Morgan fingerprint density at radius 2 is 1.58 bits per heavy atom. The number of aryl methyl sites for hydroxylation is 1. The van der Waals surface area contributed by atoms with Crippen molar-refractivity contribution in [2.45, 2.75) is 83.2 Å². The SMILES string of the molecule is CCCCCCN1CCC(c2c(CC)[nH]c3ccc(NC(=O)Oc4ccccc4OC)cc23)CC1.O=C(O)CC(O)(CC(=O)O)C(=O)O. The Hall–Kier alpha value is -4.62. The second kappa shape index (κ2) is 18.1. The second-order valence-electron chi connectivity index (χ2n) is 12.0. The molecular weight excluding hydrogens is 622 g/mol. The molecule has 1 aromatic heterocycles. The molecule has 0 unspecified atom stereocenters. The standard InChI is InChI=1S/C29H39N3O3.C6H8O7/c1-4-6-7-10-17-32-18-15-21(16-19-32)28-23-20-22(13-14-25(23)31-24(28)5-2)30-29(33)35-27-12-9-8-11-26(27)34-3;7-3(8)1-6(13,5(11)12)2-4(9)10/h8-9,11-14,20-21,31H,4-7,10,15-19H2,1-3H3,(H,30,33);13H,1-2H2,(H,7,8)(H,9,10)(H,11,12). The first-order valence-electron chi connectivity index (χ1n) is 16.3. The molecule has 2 heterocycles. The number of fused-ring (bicyclic) bond motifs is 1. The molecule has 0 radical (unpaired) electrons. The second-order valence-corrected chi connectivity index (χ2v) is 12.0. The van der Waals surface area contributed by atoms with Crippen LogP contribution < -0.4 is 14.8 Å². The molecule has 262 valence electrons. The van der Waals surface area contributed by atoms with Gasteiger partial charge in [-0.05, 0) is 87.1 Å². The van der Waals surface area contributed by atoms with E-state index in [9.17, 15) is 19.2 Å². The Kier molecular flexibility index (Phi) is 14.2. The number of nitrogens with zero attached hydrogens (tertiary/aromatic N) is 1. The highest BCUT2D eigenvalue weighted by Gasteiger charge is 2.40. The summed E-state index contributed by atoms with van der Waals surface area (Å²) < 4.78 is 10.8. The Balaban J connectivity index is 0.000000408. The number of ether oxygens (including phenoxy) is 2. The molecular formula is C35H47N3O10. The summed E-state index contributed by atoms with van der Waals surface area (Å²) in [7, 11) is 1.56. The molecule has 2 aromatic carbocycles. The van der Waals surface area contributed by atoms with Gasteiger partial charge >= 0.3 is 24.0 Å². The minimum absolute atomic E-state index is 0.394. The number of carbonyl (C=O) groups excluding carboxylic acids is 1. The minimum atomic E-state index is -2.74. The molecule has 0 spiro atoms. The van der Waals surface area contributed by atoms with Crippen LogP contribution in [0.3, 0.4) is 0 Å². The average molecular weight is 670 g/mol. The van der Waals surface area contributed by atoms with Gasteiger partial charge in [-0.15, -0.1) is 0 Å². The number of hydrogen-bond donors (Lipinski definition) is 6. The summed E-state index contributed by atoms with van der Waals surface area (Å²) in [5.41, 5.74) is 1.86. The Morgan fingerprint density at radius 3 is 2.15 bits per heavy atom. The molecule has 6 N–H and O–H groups in total. The van der Waals surface area contributed by atoms with Gasteiger partial charge in [-0.3, -0.25) is 14.9 Å². The minimum Gasteiger partial charge on any atom is -0.493 e. The van der Waals surface area contributed by atoms with E-state index >= 15 is 0 Å². The highest BCUT2D eigenvalue weighted by atomic mass is 16.6. The average Bonchev–Trinajstić information content (AvgIpc) is 3.41. The van der Waals surface area contributed by atoms with Crippen LogP contribution in [0.2, 0.25) is 0 Å². The molecule has 0 aliphatic carbocycles. The van der Waals surface area contributed by atoms with Crippen LogP contribution in [0.15, 0.2) is 42.5 Å². The van der Waals surface area contributed by atoms with Crippen molar-refractivity contribution in [3.8, 4) is 11.5 Å². The van der Waals surface area contributed by atoms with Crippen molar-refractivity contribution in [1.29, 1.82) is 0 Å². The van der Waals surface area contributed by atoms with E-state index in [1.807, 2.05) is 18.2 Å². The Morgan fingerprint density at radius 1 is 0.938 bits per heavy atom. The van der Waals surface area contributed by atoms with E-state index in [1.54, 1.807) is 19.2 Å². The lowest BCUT2D eigenvalue weighted by atomic mass is 9.86. The van der Waals surface area contributed by atoms with Crippen molar-refractivity contribution in [3.63, 3.8) is 0 Å². The molecule has 3 aromatic rings. The maximum Gasteiger partial charge on any atom is 0.417 e. The molecule has 1 amide bonds. The number of anilines is 1. The van der Waals surface area contributed by atoms with Crippen LogP contribution in [0, 0.1) is 0 Å². The zero-order chi connectivity index (χ0) is 35.3. The topological polar surface area (TPSA) is 199 Å². The van der Waals surface area contributed by atoms with Crippen LogP contribution in [-0.2, 0) is 20.8 Å². The maximum absolute atomic E-state index is 12.6. The number of nitrogens with one attached hydrogen (secondary N) is 2. The number of carboxylic acids is 3. The zero-order valence-electron chi connectivity index (χ0n) is 27.8. The van der Waals surface area contributed by atoms with Crippen LogP contribution in [0.25, 0.3) is 10.9 Å². The van der Waals surface area contributed by atoms with Crippen molar-refractivity contribution in [2.24, 2.45) is 0 Å². The van der Waals surface area contributed by atoms with Gasteiger partial charge < -0.3 is 39.8 Å². The first-order chi connectivity index (χ1) is 22.9. The van der Waals surface area contributed by atoms with Gasteiger partial charge in [0.1, 0.15) is 0 Å². The number of hydrogen-bond acceptors (Lipinski definition) is 8. The summed E-state index contributed by atoms with van der Waals surface area (Å²) in [6.45, 7) is 8.03. The van der Waals surface area contributed by atoms with Gasteiger partial charge in [0.2, 0.25) is 0 Å². The number of methoxy groups -OCH3 is 1. The predicted molar refractivity (Wildman–Crippen MR) is 180 cm³/mol. The summed E-state index contributed by atoms with van der Waals surface area (Å²) >= 11 is 0. The van der Waals surface area contributed by atoms with E-state index in [4.69, 9.17) is 29.9 Å². The zero-order valence-corrected chi connectivity index (χ0v) is 27.8. The van der Waals surface area contributed by atoms with Crippen molar-refractivity contribution >= 4 is 40.6 Å². The highest BCUT2D eigenvalue weighted by molar-refractivity contribution is 5.93. The Bertz CT molecular complexity index is 1530. The first-order valence-corrected chi connectivity index (χ1v) is 16.3. The van der Waals surface area contributed by atoms with Crippen molar-refractivity contribution in [2.75, 3.05) is 32.1 Å². The molecule has 13 heteroatoms. The van der Waals surface area contributed by atoms with Crippen LogP contribution in [0.1, 0.15) is 82.4 Å². The van der Waals surface area contributed by atoms with Gasteiger partial charge in [0.15, 0.2) is 17.1 Å². The molecule has 4 rings (SSSR count). The molecule has 0 bridgehead atoms. The molecule has 48 heavy (non-hydrogen) atoms. The number of piperidine rings is 1. The number of aliphatic hydroxyl groups is 1. The molecule has 1 aliphatic heterocycles. The fourth-order valence-electron chi connectivity index (χ4n) is 5.96. The maximum atomic E-state index is 12.6. The largest absolute Gasteiger partial charge is 0.493 e. The lowest BCUT2D eigenvalue weighted by Gasteiger charge is -2.32. The van der Waals surface area contributed by atoms with Gasteiger partial charge in [-0.2, -0.15) is 0 Å². The van der Waals surface area contributed by atoms with Crippen molar-refractivity contribution in [1.82, 2.24) is 9.88 Å². The number of rotatable bonds is 15. The fourth-order valence-corrected chi connectivity index (χ4v) is 5.96. The molecule has 13 nitrogen and oxygen atoms in total. The first kappa shape index (κ1) is 37.8. The summed E-state index contributed by atoms with van der Waals surface area (Å²) in [6.07, 6.45) is 5.80. The van der Waals surface area contributed by atoms with Gasteiger partial charge in [0.25, 0.3) is 0 Å².